The van der Waals surface area contributed by atoms with Gasteiger partial charge in [-0.25, -0.2) is 0 Å². The molecule has 2 fully saturated rings. The van der Waals surface area contributed by atoms with Crippen molar-refractivity contribution in [1.29, 1.82) is 0 Å². The predicted molar refractivity (Wildman–Crippen MR) is 80.7 cm³/mol. The molecule has 3 rings (SSSR count). The summed E-state index contributed by atoms with van der Waals surface area (Å²) in [5.41, 5.74) is 5.56. The van der Waals surface area contributed by atoms with Gasteiger partial charge < -0.3 is 15.5 Å². The molecule has 0 bridgehead atoms. The van der Waals surface area contributed by atoms with E-state index in [2.05, 4.69) is 10.2 Å². The van der Waals surface area contributed by atoms with E-state index in [9.17, 15) is 4.79 Å². The van der Waals surface area contributed by atoms with Crippen molar-refractivity contribution in [2.75, 3.05) is 19.6 Å². The minimum absolute atomic E-state index is 0.00393. The fraction of sp³-hybridized carbons (Fsp3) is 0.688. The molecule has 0 spiro atoms. The molecule has 1 aromatic heterocycles. The first-order valence-electron chi connectivity index (χ1n) is 8.04. The van der Waals surface area contributed by atoms with Crippen LogP contribution in [0.4, 0.5) is 0 Å². The molecule has 3 N–H and O–H groups in total. The summed E-state index contributed by atoms with van der Waals surface area (Å²) in [6.07, 6.45) is 7.83. The van der Waals surface area contributed by atoms with Crippen molar-refractivity contribution in [3.05, 3.63) is 24.2 Å². The van der Waals surface area contributed by atoms with Gasteiger partial charge in [-0.15, -0.1) is 0 Å². The Hall–Kier alpha value is -1.33. The van der Waals surface area contributed by atoms with E-state index in [4.69, 9.17) is 10.2 Å². The SMILES string of the molecule is NC1(C(=O)NCC(c2ccco2)N2CCCC2)CCCC1. The lowest BCUT2D eigenvalue weighted by Gasteiger charge is -2.28. The smallest absolute Gasteiger partial charge is 0.240 e. The number of hydrogen-bond acceptors (Lipinski definition) is 4. The van der Waals surface area contributed by atoms with Crippen molar-refractivity contribution in [1.82, 2.24) is 10.2 Å². The van der Waals surface area contributed by atoms with Crippen molar-refractivity contribution in [3.63, 3.8) is 0 Å². The van der Waals surface area contributed by atoms with E-state index in [1.54, 1.807) is 6.26 Å². The second kappa shape index (κ2) is 6.20. The van der Waals surface area contributed by atoms with Crippen LogP contribution in [-0.4, -0.2) is 36.0 Å². The third-order valence-electron chi connectivity index (χ3n) is 4.86. The number of nitrogens with one attached hydrogen (secondary N) is 1. The molecule has 21 heavy (non-hydrogen) atoms. The molecule has 2 heterocycles. The van der Waals surface area contributed by atoms with Gasteiger partial charge in [-0.1, -0.05) is 12.8 Å². The van der Waals surface area contributed by atoms with Gasteiger partial charge in [0.05, 0.1) is 17.8 Å². The number of furan rings is 1. The Morgan fingerprint density at radius 3 is 2.67 bits per heavy atom. The molecule has 1 saturated carbocycles. The van der Waals surface area contributed by atoms with Crippen LogP contribution in [0.5, 0.6) is 0 Å². The largest absolute Gasteiger partial charge is 0.468 e. The highest BCUT2D eigenvalue weighted by molar-refractivity contribution is 5.86. The Morgan fingerprint density at radius 1 is 1.33 bits per heavy atom. The van der Waals surface area contributed by atoms with E-state index >= 15 is 0 Å². The van der Waals surface area contributed by atoms with Crippen LogP contribution in [0, 0.1) is 0 Å². The van der Waals surface area contributed by atoms with Gasteiger partial charge in [-0.05, 0) is 50.9 Å². The quantitative estimate of drug-likeness (QED) is 0.868. The Balaban J connectivity index is 1.63. The minimum atomic E-state index is -0.654. The molecule has 1 amide bonds. The summed E-state index contributed by atoms with van der Waals surface area (Å²) in [6, 6.07) is 4.02. The van der Waals surface area contributed by atoms with Gasteiger partial charge in [0.2, 0.25) is 5.91 Å². The zero-order valence-electron chi connectivity index (χ0n) is 12.5. The van der Waals surface area contributed by atoms with Gasteiger partial charge in [-0.2, -0.15) is 0 Å². The van der Waals surface area contributed by atoms with Crippen LogP contribution in [0.3, 0.4) is 0 Å². The molecule has 2 aliphatic rings. The average Bonchev–Trinajstić information content (AvgIpc) is 3.21. The normalized spacial score (nSPS) is 23.3. The molecular weight excluding hydrogens is 266 g/mol. The summed E-state index contributed by atoms with van der Waals surface area (Å²) in [6.45, 7) is 2.70. The molecule has 5 nitrogen and oxygen atoms in total. The van der Waals surface area contributed by atoms with Crippen LogP contribution in [0.25, 0.3) is 0 Å². The number of nitrogens with zero attached hydrogens (tertiary/aromatic N) is 1. The lowest BCUT2D eigenvalue weighted by molar-refractivity contribution is -0.126. The van der Waals surface area contributed by atoms with E-state index in [1.807, 2.05) is 12.1 Å². The summed E-state index contributed by atoms with van der Waals surface area (Å²) in [5, 5.41) is 3.06. The molecule has 116 valence electrons. The highest BCUT2D eigenvalue weighted by atomic mass is 16.3. The second-order valence-corrected chi connectivity index (χ2v) is 6.35. The Morgan fingerprint density at radius 2 is 2.05 bits per heavy atom. The lowest BCUT2D eigenvalue weighted by Crippen LogP contribution is -2.53. The minimum Gasteiger partial charge on any atom is -0.468 e. The highest BCUT2D eigenvalue weighted by Crippen LogP contribution is 2.28. The van der Waals surface area contributed by atoms with E-state index in [1.165, 1.54) is 12.8 Å². The maximum Gasteiger partial charge on any atom is 0.240 e. The zero-order valence-corrected chi connectivity index (χ0v) is 12.5. The van der Waals surface area contributed by atoms with Gasteiger partial charge >= 0.3 is 0 Å². The molecule has 5 heteroatoms. The maximum absolute atomic E-state index is 12.4. The highest BCUT2D eigenvalue weighted by Gasteiger charge is 2.37. The van der Waals surface area contributed by atoms with Crippen LogP contribution >= 0.6 is 0 Å². The van der Waals surface area contributed by atoms with Crippen molar-refractivity contribution in [2.45, 2.75) is 50.1 Å². The van der Waals surface area contributed by atoms with Gasteiger partial charge in [0.1, 0.15) is 5.76 Å². The summed E-state index contributed by atoms with van der Waals surface area (Å²) >= 11 is 0. The standard InChI is InChI=1S/C16H25N3O2/c17-16(7-1-2-8-16)15(20)18-12-13(14-6-5-11-21-14)19-9-3-4-10-19/h5-6,11,13H,1-4,7-10,12,17H2,(H,18,20). The molecule has 0 aromatic carbocycles. The third-order valence-corrected chi connectivity index (χ3v) is 4.86. The molecule has 1 saturated heterocycles. The summed E-state index contributed by atoms with van der Waals surface area (Å²) in [4.78, 5) is 14.8. The number of carbonyl (C=O) groups is 1. The topological polar surface area (TPSA) is 71.5 Å². The summed E-state index contributed by atoms with van der Waals surface area (Å²) in [5.74, 6) is 0.922. The number of carbonyl (C=O) groups excluding carboxylic acids is 1. The third kappa shape index (κ3) is 3.14. The summed E-state index contributed by atoms with van der Waals surface area (Å²) < 4.78 is 5.57. The van der Waals surface area contributed by atoms with Crippen LogP contribution in [0.1, 0.15) is 50.3 Å². The predicted octanol–water partition coefficient (Wildman–Crippen LogP) is 1.80. The van der Waals surface area contributed by atoms with E-state index in [0.29, 0.717) is 6.54 Å². The van der Waals surface area contributed by atoms with Crippen molar-refractivity contribution in [3.8, 4) is 0 Å². The fourth-order valence-electron chi connectivity index (χ4n) is 3.54. The molecule has 0 radical (unpaired) electrons. The second-order valence-electron chi connectivity index (χ2n) is 6.35. The summed E-state index contributed by atoms with van der Waals surface area (Å²) in [7, 11) is 0. The van der Waals surface area contributed by atoms with E-state index in [-0.39, 0.29) is 11.9 Å². The van der Waals surface area contributed by atoms with Gasteiger partial charge in [0.25, 0.3) is 0 Å². The van der Waals surface area contributed by atoms with Gasteiger partial charge in [-0.3, -0.25) is 9.69 Å². The average molecular weight is 291 g/mol. The Labute approximate surface area is 125 Å². The molecule has 1 unspecified atom stereocenters. The molecule has 1 aromatic rings. The van der Waals surface area contributed by atoms with Gasteiger partial charge in [0.15, 0.2) is 0 Å². The molecule has 1 aliphatic carbocycles. The number of nitrogens with two attached hydrogens (primary N) is 1. The number of likely N-dealkylation sites (tertiary alicyclic amines) is 1. The molecule has 1 aliphatic heterocycles. The van der Waals surface area contributed by atoms with Crippen molar-refractivity contribution in [2.24, 2.45) is 5.73 Å². The lowest BCUT2D eigenvalue weighted by atomic mass is 9.98. The zero-order chi connectivity index (χ0) is 14.7. The van der Waals surface area contributed by atoms with E-state index in [0.717, 1.165) is 44.5 Å². The van der Waals surface area contributed by atoms with Crippen LogP contribution in [0.15, 0.2) is 22.8 Å². The molecular formula is C16H25N3O2. The maximum atomic E-state index is 12.4. The van der Waals surface area contributed by atoms with Crippen LogP contribution in [0.2, 0.25) is 0 Å². The van der Waals surface area contributed by atoms with Crippen LogP contribution < -0.4 is 11.1 Å². The van der Waals surface area contributed by atoms with Crippen molar-refractivity contribution < 1.29 is 9.21 Å². The number of hydrogen-bond donors (Lipinski definition) is 2. The number of rotatable bonds is 5. The first kappa shape index (κ1) is 14.6. The van der Waals surface area contributed by atoms with Gasteiger partial charge in [0, 0.05) is 6.54 Å². The fourth-order valence-corrected chi connectivity index (χ4v) is 3.54. The van der Waals surface area contributed by atoms with E-state index < -0.39 is 5.54 Å². The first-order valence-corrected chi connectivity index (χ1v) is 8.04. The molecule has 1 atom stereocenters. The van der Waals surface area contributed by atoms with Crippen molar-refractivity contribution >= 4 is 5.91 Å². The Kier molecular flexibility index (Phi) is 4.31. The number of amides is 1. The van der Waals surface area contributed by atoms with Crippen LogP contribution in [-0.2, 0) is 4.79 Å². The monoisotopic (exact) mass is 291 g/mol. The first-order chi connectivity index (χ1) is 10.2. The Bertz CT molecular complexity index is 460.